The first-order chi connectivity index (χ1) is 15.7. The van der Waals surface area contributed by atoms with Crippen molar-refractivity contribution < 1.29 is 4.79 Å². The van der Waals surface area contributed by atoms with Gasteiger partial charge in [-0.1, -0.05) is 35.9 Å². The quantitative estimate of drug-likeness (QED) is 0.310. The average molecular weight is 442 g/mol. The highest BCUT2D eigenvalue weighted by molar-refractivity contribution is 6.30. The van der Waals surface area contributed by atoms with Crippen LogP contribution in [0.2, 0.25) is 5.02 Å². The highest BCUT2D eigenvalue weighted by Gasteiger charge is 2.10. The first-order valence-electron chi connectivity index (χ1n) is 9.72. The van der Waals surface area contributed by atoms with Gasteiger partial charge in [-0.2, -0.15) is 5.10 Å². The van der Waals surface area contributed by atoms with Crippen molar-refractivity contribution in [2.45, 2.75) is 0 Å². The van der Waals surface area contributed by atoms with Crippen LogP contribution in [0.15, 0.2) is 84.2 Å². The summed E-state index contributed by atoms with van der Waals surface area (Å²) in [6.07, 6.45) is 3.16. The minimum Gasteiger partial charge on any atom is -0.325 e. The lowest BCUT2D eigenvalue weighted by Gasteiger charge is -2.10. The number of halogens is 1. The van der Waals surface area contributed by atoms with Crippen LogP contribution in [0.25, 0.3) is 16.6 Å². The summed E-state index contributed by atoms with van der Waals surface area (Å²) in [5, 5.41) is 17.0. The zero-order chi connectivity index (χ0) is 21.9. The Morgan fingerprint density at radius 2 is 1.78 bits per heavy atom. The summed E-state index contributed by atoms with van der Waals surface area (Å²) in [5.74, 6) is 0.264. The number of hydrazone groups is 1. The van der Waals surface area contributed by atoms with E-state index in [-0.39, 0.29) is 5.91 Å². The van der Waals surface area contributed by atoms with Crippen molar-refractivity contribution in [2.24, 2.45) is 5.10 Å². The Balaban J connectivity index is 1.31. The van der Waals surface area contributed by atoms with E-state index < -0.39 is 0 Å². The molecule has 0 aliphatic rings. The second-order valence-electron chi connectivity index (χ2n) is 6.93. The number of carbonyl (C=O) groups excluding carboxylic acids is 1. The molecule has 0 aliphatic carbocycles. The number of carbonyl (C=O) groups is 1. The predicted octanol–water partition coefficient (Wildman–Crippen LogP) is 4.44. The number of nitrogens with zero attached hydrogens (tertiary/aromatic N) is 5. The van der Waals surface area contributed by atoms with Crippen molar-refractivity contribution >= 4 is 51.9 Å². The SMILES string of the molecule is O=C(N/N=C/c1ccc(Cl)cc1)c1ccc(Nc2nc3ccccc3c3nncn23)cc1. The van der Waals surface area contributed by atoms with Gasteiger partial charge in [-0.25, -0.2) is 10.4 Å². The van der Waals surface area contributed by atoms with Gasteiger partial charge in [0.05, 0.1) is 11.7 Å². The molecule has 5 rings (SSSR count). The van der Waals surface area contributed by atoms with Gasteiger partial charge in [-0.3, -0.25) is 9.20 Å². The topological polar surface area (TPSA) is 96.6 Å². The van der Waals surface area contributed by atoms with Crippen LogP contribution in [0.4, 0.5) is 11.6 Å². The summed E-state index contributed by atoms with van der Waals surface area (Å²) in [7, 11) is 0. The maximum absolute atomic E-state index is 12.3. The zero-order valence-corrected chi connectivity index (χ0v) is 17.4. The summed E-state index contributed by atoms with van der Waals surface area (Å²) < 4.78 is 1.79. The first kappa shape index (κ1) is 19.7. The maximum Gasteiger partial charge on any atom is 0.271 e. The lowest BCUT2D eigenvalue weighted by atomic mass is 10.2. The molecule has 3 aromatic carbocycles. The number of benzene rings is 3. The van der Waals surface area contributed by atoms with Crippen molar-refractivity contribution in [3.05, 3.63) is 95.3 Å². The molecule has 8 nitrogen and oxygen atoms in total. The standard InChI is InChI=1S/C23H16ClN7O/c24-17-9-5-15(6-10-17)13-25-30-22(32)16-7-11-18(12-8-16)27-23-28-20-4-2-1-3-19(20)21-29-26-14-31(21)23/h1-14H,(H,27,28)(H,30,32)/b25-13+. The number of rotatable bonds is 5. The highest BCUT2D eigenvalue weighted by Crippen LogP contribution is 2.22. The summed E-state index contributed by atoms with van der Waals surface area (Å²) in [6.45, 7) is 0. The van der Waals surface area contributed by atoms with Crippen molar-refractivity contribution in [3.8, 4) is 0 Å². The molecule has 0 aliphatic heterocycles. The molecule has 0 saturated heterocycles. The molecule has 1 amide bonds. The third-order valence-corrected chi connectivity index (χ3v) is 5.05. The van der Waals surface area contributed by atoms with Crippen LogP contribution >= 0.6 is 11.6 Å². The van der Waals surface area contributed by atoms with Gasteiger partial charge >= 0.3 is 0 Å². The van der Waals surface area contributed by atoms with Crippen LogP contribution in [0.3, 0.4) is 0 Å². The Bertz CT molecular complexity index is 1440. The largest absolute Gasteiger partial charge is 0.325 e. The minimum atomic E-state index is -0.313. The fraction of sp³-hybridized carbons (Fsp3) is 0. The van der Waals surface area contributed by atoms with Gasteiger partial charge in [0, 0.05) is 21.7 Å². The van der Waals surface area contributed by atoms with E-state index in [1.54, 1.807) is 53.3 Å². The number of nitrogens with one attached hydrogen (secondary N) is 2. The number of para-hydroxylation sites is 1. The molecule has 5 aromatic rings. The molecular weight excluding hydrogens is 426 g/mol. The van der Waals surface area contributed by atoms with E-state index in [9.17, 15) is 4.79 Å². The molecule has 2 N–H and O–H groups in total. The monoisotopic (exact) mass is 441 g/mol. The molecule has 9 heteroatoms. The molecule has 0 unspecified atom stereocenters. The fourth-order valence-corrected chi connectivity index (χ4v) is 3.33. The Kier molecular flexibility index (Phi) is 5.19. The molecule has 156 valence electrons. The summed E-state index contributed by atoms with van der Waals surface area (Å²) >= 11 is 5.86. The van der Waals surface area contributed by atoms with Crippen LogP contribution in [-0.2, 0) is 0 Å². The molecular formula is C23H16ClN7O. The van der Waals surface area contributed by atoms with Gasteiger partial charge in [0.2, 0.25) is 5.95 Å². The molecule has 2 aromatic heterocycles. The van der Waals surface area contributed by atoms with Crippen LogP contribution in [0.1, 0.15) is 15.9 Å². The fourth-order valence-electron chi connectivity index (χ4n) is 3.20. The van der Waals surface area contributed by atoms with Crippen molar-refractivity contribution in [1.82, 2.24) is 25.0 Å². The minimum absolute atomic E-state index is 0.313. The first-order valence-corrected chi connectivity index (χ1v) is 10.1. The molecule has 0 spiro atoms. The Hall–Kier alpha value is -4.30. The van der Waals surface area contributed by atoms with Crippen molar-refractivity contribution in [3.63, 3.8) is 0 Å². The smallest absolute Gasteiger partial charge is 0.271 e. The van der Waals surface area contributed by atoms with Crippen molar-refractivity contribution in [1.29, 1.82) is 0 Å². The number of hydrogen-bond acceptors (Lipinski definition) is 6. The zero-order valence-electron chi connectivity index (χ0n) is 16.6. The molecule has 32 heavy (non-hydrogen) atoms. The lowest BCUT2D eigenvalue weighted by Crippen LogP contribution is -2.17. The van der Waals surface area contributed by atoms with E-state index in [0.717, 1.165) is 22.2 Å². The third-order valence-electron chi connectivity index (χ3n) is 4.80. The van der Waals surface area contributed by atoms with E-state index in [1.165, 1.54) is 0 Å². The lowest BCUT2D eigenvalue weighted by molar-refractivity contribution is 0.0955. The van der Waals surface area contributed by atoms with Gasteiger partial charge in [0.1, 0.15) is 6.33 Å². The van der Waals surface area contributed by atoms with Gasteiger partial charge in [-0.15, -0.1) is 10.2 Å². The number of aromatic nitrogens is 4. The Morgan fingerprint density at radius 3 is 2.59 bits per heavy atom. The van der Waals surface area contributed by atoms with Crippen LogP contribution in [-0.4, -0.2) is 31.7 Å². The second-order valence-corrected chi connectivity index (χ2v) is 7.37. The highest BCUT2D eigenvalue weighted by atomic mass is 35.5. The summed E-state index contributed by atoms with van der Waals surface area (Å²) in [6, 6.07) is 21.9. The third kappa shape index (κ3) is 3.99. The molecule has 0 atom stereocenters. The summed E-state index contributed by atoms with van der Waals surface area (Å²) in [5.41, 5.74) is 6.12. The van der Waals surface area contributed by atoms with Crippen LogP contribution in [0, 0.1) is 0 Å². The number of amides is 1. The molecule has 0 bridgehead atoms. The Morgan fingerprint density at radius 1 is 1.00 bits per heavy atom. The number of fused-ring (bicyclic) bond motifs is 3. The van der Waals surface area contributed by atoms with Crippen LogP contribution < -0.4 is 10.7 Å². The van der Waals surface area contributed by atoms with Crippen molar-refractivity contribution in [2.75, 3.05) is 5.32 Å². The Labute approximate surface area is 187 Å². The van der Waals surface area contributed by atoms with Gasteiger partial charge in [0.25, 0.3) is 5.91 Å². The van der Waals surface area contributed by atoms with Gasteiger partial charge < -0.3 is 5.32 Å². The average Bonchev–Trinajstić information content (AvgIpc) is 3.32. The molecule has 0 radical (unpaired) electrons. The molecule has 2 heterocycles. The van der Waals surface area contributed by atoms with Crippen LogP contribution in [0.5, 0.6) is 0 Å². The normalized spacial score (nSPS) is 11.3. The maximum atomic E-state index is 12.3. The van der Waals surface area contributed by atoms with E-state index in [1.807, 2.05) is 36.4 Å². The predicted molar refractivity (Wildman–Crippen MR) is 125 cm³/mol. The summed E-state index contributed by atoms with van der Waals surface area (Å²) in [4.78, 5) is 17.0. The van der Waals surface area contributed by atoms with E-state index >= 15 is 0 Å². The number of anilines is 2. The number of hydrogen-bond donors (Lipinski definition) is 2. The van der Waals surface area contributed by atoms with E-state index in [4.69, 9.17) is 11.6 Å². The molecule has 0 fully saturated rings. The van der Waals surface area contributed by atoms with Gasteiger partial charge in [-0.05, 0) is 54.1 Å². The van der Waals surface area contributed by atoms with E-state index in [2.05, 4.69) is 31.0 Å². The molecule has 0 saturated carbocycles. The van der Waals surface area contributed by atoms with Gasteiger partial charge in [0.15, 0.2) is 5.65 Å². The second kappa shape index (κ2) is 8.44. The van der Waals surface area contributed by atoms with E-state index in [0.29, 0.717) is 22.2 Å².